The number of piperazine rings is 1. The number of amides is 1. The van der Waals surface area contributed by atoms with E-state index in [2.05, 4.69) is 10.6 Å². The van der Waals surface area contributed by atoms with Gasteiger partial charge in [-0.3, -0.25) is 14.9 Å². The smallest absolute Gasteiger partial charge is 0.269 e. The summed E-state index contributed by atoms with van der Waals surface area (Å²) >= 11 is 0. The summed E-state index contributed by atoms with van der Waals surface area (Å²) < 4.78 is 0. The number of non-ortho nitro benzene ring substituents is 1. The molecule has 90 valence electrons. The van der Waals surface area contributed by atoms with E-state index in [1.807, 2.05) is 6.92 Å². The van der Waals surface area contributed by atoms with Crippen LogP contribution in [0.3, 0.4) is 0 Å². The zero-order chi connectivity index (χ0) is 12.4. The lowest BCUT2D eigenvalue weighted by atomic mass is 10.0. The summed E-state index contributed by atoms with van der Waals surface area (Å²) in [6.45, 7) is 2.55. The number of rotatable bonds is 2. The largest absolute Gasteiger partial charge is 0.351 e. The van der Waals surface area contributed by atoms with Crippen molar-refractivity contribution < 1.29 is 9.72 Å². The van der Waals surface area contributed by atoms with Gasteiger partial charge in [-0.15, -0.1) is 0 Å². The molecule has 2 rings (SSSR count). The summed E-state index contributed by atoms with van der Waals surface area (Å²) in [7, 11) is 0. The highest BCUT2D eigenvalue weighted by atomic mass is 16.6. The minimum Gasteiger partial charge on any atom is -0.351 e. The Morgan fingerprint density at radius 2 is 2.24 bits per heavy atom. The van der Waals surface area contributed by atoms with E-state index in [0.717, 1.165) is 0 Å². The second-order valence-electron chi connectivity index (χ2n) is 4.10. The summed E-state index contributed by atoms with van der Waals surface area (Å²) in [5, 5.41) is 16.5. The van der Waals surface area contributed by atoms with Crippen LogP contribution in [-0.2, 0) is 4.79 Å². The fourth-order valence-electron chi connectivity index (χ4n) is 1.85. The molecule has 0 saturated carbocycles. The topological polar surface area (TPSA) is 84.3 Å². The van der Waals surface area contributed by atoms with Gasteiger partial charge in [-0.25, -0.2) is 0 Å². The number of nitrogens with zero attached hydrogens (tertiary/aromatic N) is 1. The lowest BCUT2D eigenvalue weighted by Gasteiger charge is -2.28. The van der Waals surface area contributed by atoms with Crippen molar-refractivity contribution in [2.45, 2.75) is 19.0 Å². The molecule has 2 atom stereocenters. The lowest BCUT2D eigenvalue weighted by molar-refractivity contribution is -0.384. The zero-order valence-electron chi connectivity index (χ0n) is 9.34. The van der Waals surface area contributed by atoms with Gasteiger partial charge in [0.2, 0.25) is 5.91 Å². The standard InChI is InChI=1S/C11H13N3O3/c1-7-6-12-10(11(15)13-7)8-3-2-4-9(5-8)14(16)17/h2-5,7,10,12H,6H2,1H3,(H,13,15). The van der Waals surface area contributed by atoms with Gasteiger partial charge in [-0.1, -0.05) is 12.1 Å². The van der Waals surface area contributed by atoms with Gasteiger partial charge in [0.15, 0.2) is 0 Å². The highest BCUT2D eigenvalue weighted by molar-refractivity contribution is 5.84. The van der Waals surface area contributed by atoms with Gasteiger partial charge in [-0.05, 0) is 12.5 Å². The second-order valence-corrected chi connectivity index (χ2v) is 4.10. The number of carbonyl (C=O) groups is 1. The molecule has 0 spiro atoms. The molecule has 0 aliphatic carbocycles. The molecule has 1 aromatic rings. The van der Waals surface area contributed by atoms with E-state index < -0.39 is 11.0 Å². The first-order valence-corrected chi connectivity index (χ1v) is 5.36. The van der Waals surface area contributed by atoms with Crippen LogP contribution in [0.1, 0.15) is 18.5 Å². The molecule has 2 unspecified atom stereocenters. The molecule has 6 heteroatoms. The number of hydrogen-bond acceptors (Lipinski definition) is 4. The summed E-state index contributed by atoms with van der Waals surface area (Å²) in [5.74, 6) is -0.149. The molecule has 1 fully saturated rings. The van der Waals surface area contributed by atoms with Crippen molar-refractivity contribution in [3.05, 3.63) is 39.9 Å². The maximum absolute atomic E-state index is 11.7. The molecule has 1 aliphatic rings. The second kappa shape index (κ2) is 4.50. The number of nitro benzene ring substituents is 1. The van der Waals surface area contributed by atoms with E-state index in [-0.39, 0.29) is 17.6 Å². The van der Waals surface area contributed by atoms with Gasteiger partial charge in [-0.2, -0.15) is 0 Å². The molecule has 1 aliphatic heterocycles. The van der Waals surface area contributed by atoms with Gasteiger partial charge in [0.05, 0.1) is 4.92 Å². The molecule has 1 heterocycles. The number of benzene rings is 1. The van der Waals surface area contributed by atoms with Gasteiger partial charge in [0.25, 0.3) is 5.69 Å². The van der Waals surface area contributed by atoms with E-state index in [1.165, 1.54) is 12.1 Å². The van der Waals surface area contributed by atoms with Crippen LogP contribution in [0, 0.1) is 10.1 Å². The minimum atomic E-state index is -0.508. The van der Waals surface area contributed by atoms with Crippen molar-refractivity contribution in [1.29, 1.82) is 0 Å². The number of carbonyl (C=O) groups excluding carboxylic acids is 1. The Morgan fingerprint density at radius 3 is 2.88 bits per heavy atom. The molecular weight excluding hydrogens is 222 g/mol. The third kappa shape index (κ3) is 2.42. The Hall–Kier alpha value is -1.95. The van der Waals surface area contributed by atoms with Crippen molar-refractivity contribution in [3.8, 4) is 0 Å². The Balaban J connectivity index is 2.25. The highest BCUT2D eigenvalue weighted by Gasteiger charge is 2.27. The van der Waals surface area contributed by atoms with E-state index in [1.54, 1.807) is 12.1 Å². The van der Waals surface area contributed by atoms with E-state index in [4.69, 9.17) is 0 Å². The third-order valence-electron chi connectivity index (χ3n) is 2.69. The first-order chi connectivity index (χ1) is 8.08. The van der Waals surface area contributed by atoms with Gasteiger partial charge in [0, 0.05) is 24.7 Å². The van der Waals surface area contributed by atoms with E-state index in [9.17, 15) is 14.9 Å². The number of nitrogens with one attached hydrogen (secondary N) is 2. The fraction of sp³-hybridized carbons (Fsp3) is 0.364. The molecule has 1 saturated heterocycles. The quantitative estimate of drug-likeness (QED) is 0.585. The lowest BCUT2D eigenvalue weighted by Crippen LogP contribution is -2.52. The first-order valence-electron chi connectivity index (χ1n) is 5.36. The van der Waals surface area contributed by atoms with Crippen LogP contribution >= 0.6 is 0 Å². The van der Waals surface area contributed by atoms with Crippen molar-refractivity contribution in [2.24, 2.45) is 0 Å². The molecular formula is C11H13N3O3. The number of hydrogen-bond donors (Lipinski definition) is 2. The molecule has 0 bridgehead atoms. The third-order valence-corrected chi connectivity index (χ3v) is 2.69. The Labute approximate surface area is 98.2 Å². The molecule has 1 amide bonds. The van der Waals surface area contributed by atoms with Crippen LogP contribution in [0.15, 0.2) is 24.3 Å². The number of nitro groups is 1. The predicted octanol–water partition coefficient (Wildman–Crippen LogP) is 0.744. The summed E-state index contributed by atoms with van der Waals surface area (Å²) in [5.41, 5.74) is 0.610. The van der Waals surface area contributed by atoms with Crippen LogP contribution in [0.25, 0.3) is 0 Å². The Kier molecular flexibility index (Phi) is 3.06. The SMILES string of the molecule is CC1CNC(c2cccc([N+](=O)[O-])c2)C(=O)N1. The summed E-state index contributed by atoms with van der Waals surface area (Å²) in [4.78, 5) is 21.9. The summed E-state index contributed by atoms with van der Waals surface area (Å²) in [6.07, 6.45) is 0. The van der Waals surface area contributed by atoms with Crippen LogP contribution in [0.4, 0.5) is 5.69 Å². The summed E-state index contributed by atoms with van der Waals surface area (Å²) in [6, 6.07) is 5.70. The Bertz CT molecular complexity index is 461. The minimum absolute atomic E-state index is 0.00396. The average Bonchev–Trinajstić information content (AvgIpc) is 2.29. The molecule has 1 aromatic carbocycles. The van der Waals surface area contributed by atoms with Crippen LogP contribution in [-0.4, -0.2) is 23.4 Å². The van der Waals surface area contributed by atoms with E-state index >= 15 is 0 Å². The van der Waals surface area contributed by atoms with E-state index in [0.29, 0.717) is 12.1 Å². The maximum Gasteiger partial charge on any atom is 0.269 e. The van der Waals surface area contributed by atoms with Crippen LogP contribution < -0.4 is 10.6 Å². The Morgan fingerprint density at radius 1 is 1.47 bits per heavy atom. The maximum atomic E-state index is 11.7. The molecule has 0 aromatic heterocycles. The van der Waals surface area contributed by atoms with Crippen LogP contribution in [0.5, 0.6) is 0 Å². The molecule has 17 heavy (non-hydrogen) atoms. The molecule has 2 N–H and O–H groups in total. The zero-order valence-corrected chi connectivity index (χ0v) is 9.34. The van der Waals surface area contributed by atoms with Crippen molar-refractivity contribution in [3.63, 3.8) is 0 Å². The van der Waals surface area contributed by atoms with Crippen molar-refractivity contribution in [1.82, 2.24) is 10.6 Å². The van der Waals surface area contributed by atoms with Gasteiger partial charge in [0.1, 0.15) is 6.04 Å². The molecule has 6 nitrogen and oxygen atoms in total. The van der Waals surface area contributed by atoms with Crippen LogP contribution in [0.2, 0.25) is 0 Å². The normalized spacial score (nSPS) is 24.2. The average molecular weight is 235 g/mol. The predicted molar refractivity (Wildman–Crippen MR) is 61.4 cm³/mol. The van der Waals surface area contributed by atoms with Crippen molar-refractivity contribution in [2.75, 3.05) is 6.54 Å². The highest BCUT2D eigenvalue weighted by Crippen LogP contribution is 2.20. The molecule has 0 radical (unpaired) electrons. The van der Waals surface area contributed by atoms with Gasteiger partial charge < -0.3 is 10.6 Å². The fourth-order valence-corrected chi connectivity index (χ4v) is 1.85. The monoisotopic (exact) mass is 235 g/mol. The van der Waals surface area contributed by atoms with Gasteiger partial charge >= 0.3 is 0 Å². The van der Waals surface area contributed by atoms with Crippen molar-refractivity contribution >= 4 is 11.6 Å². The first kappa shape index (κ1) is 11.5.